The summed E-state index contributed by atoms with van der Waals surface area (Å²) in [5, 5.41) is 8.97. The highest BCUT2D eigenvalue weighted by Gasteiger charge is 2.12. The van der Waals surface area contributed by atoms with Crippen molar-refractivity contribution < 1.29 is 9.84 Å². The van der Waals surface area contributed by atoms with Crippen LogP contribution in [0.15, 0.2) is 11.1 Å². The van der Waals surface area contributed by atoms with E-state index in [2.05, 4.69) is 32.3 Å². The molecule has 5 heteroatoms. The standard InChI is InChI=1S/C11H21BrN2O2/c1-11(12)10-14(4-7-15)3-2-13-5-8-16-9-6-13/h15H,1-10H2. The summed E-state index contributed by atoms with van der Waals surface area (Å²) < 4.78 is 6.26. The van der Waals surface area contributed by atoms with E-state index in [0.717, 1.165) is 50.4 Å². The summed E-state index contributed by atoms with van der Waals surface area (Å²) in [7, 11) is 0. The van der Waals surface area contributed by atoms with Crippen molar-refractivity contribution in [3.63, 3.8) is 0 Å². The Balaban J connectivity index is 2.21. The van der Waals surface area contributed by atoms with Gasteiger partial charge in [0.25, 0.3) is 0 Å². The van der Waals surface area contributed by atoms with E-state index >= 15 is 0 Å². The minimum Gasteiger partial charge on any atom is -0.395 e. The van der Waals surface area contributed by atoms with Gasteiger partial charge >= 0.3 is 0 Å². The van der Waals surface area contributed by atoms with Gasteiger partial charge < -0.3 is 9.84 Å². The lowest BCUT2D eigenvalue weighted by molar-refractivity contribution is 0.0331. The van der Waals surface area contributed by atoms with E-state index in [9.17, 15) is 0 Å². The van der Waals surface area contributed by atoms with Gasteiger partial charge in [-0.05, 0) is 0 Å². The quantitative estimate of drug-likeness (QED) is 0.742. The molecule has 0 aliphatic carbocycles. The lowest BCUT2D eigenvalue weighted by Gasteiger charge is -2.29. The average Bonchev–Trinajstić information content (AvgIpc) is 2.27. The third kappa shape index (κ3) is 5.96. The normalized spacial score (nSPS) is 17.9. The first kappa shape index (κ1) is 14.1. The van der Waals surface area contributed by atoms with Crippen LogP contribution < -0.4 is 0 Å². The molecule has 1 aliphatic heterocycles. The first-order valence-electron chi connectivity index (χ1n) is 5.69. The SMILES string of the molecule is C=C(Br)CN(CCO)CCN1CCOCC1. The molecule has 0 aromatic rings. The molecule has 0 aromatic heterocycles. The number of aliphatic hydroxyl groups is 1. The molecule has 0 bridgehead atoms. The number of nitrogens with zero attached hydrogens (tertiary/aromatic N) is 2. The van der Waals surface area contributed by atoms with Gasteiger partial charge in [-0.25, -0.2) is 0 Å². The number of halogens is 1. The molecular formula is C11H21BrN2O2. The van der Waals surface area contributed by atoms with Gasteiger partial charge in [0.05, 0.1) is 19.8 Å². The fourth-order valence-corrected chi connectivity index (χ4v) is 2.12. The second kappa shape index (κ2) is 8.20. The van der Waals surface area contributed by atoms with E-state index in [0.29, 0.717) is 6.54 Å². The third-order valence-corrected chi connectivity index (χ3v) is 2.90. The number of hydrogen-bond acceptors (Lipinski definition) is 4. The summed E-state index contributed by atoms with van der Waals surface area (Å²) in [5.41, 5.74) is 0. The summed E-state index contributed by atoms with van der Waals surface area (Å²) in [6.45, 7) is 11.2. The van der Waals surface area contributed by atoms with E-state index in [1.54, 1.807) is 0 Å². The van der Waals surface area contributed by atoms with Crippen LogP contribution in [-0.2, 0) is 4.74 Å². The Labute approximate surface area is 106 Å². The van der Waals surface area contributed by atoms with E-state index in [-0.39, 0.29) is 6.61 Å². The highest BCUT2D eigenvalue weighted by molar-refractivity contribution is 9.11. The Morgan fingerprint density at radius 1 is 1.38 bits per heavy atom. The molecule has 1 N–H and O–H groups in total. The number of hydrogen-bond donors (Lipinski definition) is 1. The molecular weight excluding hydrogens is 272 g/mol. The van der Waals surface area contributed by atoms with Crippen LogP contribution in [0, 0.1) is 0 Å². The van der Waals surface area contributed by atoms with Crippen LogP contribution in [0.3, 0.4) is 0 Å². The molecule has 1 fully saturated rings. The molecule has 0 aromatic carbocycles. The van der Waals surface area contributed by atoms with Crippen molar-refractivity contribution >= 4 is 15.9 Å². The van der Waals surface area contributed by atoms with Gasteiger partial charge in [0.2, 0.25) is 0 Å². The molecule has 1 heterocycles. The minimum absolute atomic E-state index is 0.198. The van der Waals surface area contributed by atoms with Gasteiger partial charge in [-0.15, -0.1) is 0 Å². The molecule has 4 nitrogen and oxygen atoms in total. The Morgan fingerprint density at radius 3 is 2.62 bits per heavy atom. The molecule has 0 saturated carbocycles. The monoisotopic (exact) mass is 292 g/mol. The van der Waals surface area contributed by atoms with Crippen LogP contribution in [0.5, 0.6) is 0 Å². The Kier molecular flexibility index (Phi) is 7.23. The van der Waals surface area contributed by atoms with Crippen LogP contribution >= 0.6 is 15.9 Å². The van der Waals surface area contributed by atoms with Crippen LogP contribution in [-0.4, -0.2) is 74.0 Å². The number of aliphatic hydroxyl groups excluding tert-OH is 1. The van der Waals surface area contributed by atoms with Crippen molar-refractivity contribution in [2.45, 2.75) is 0 Å². The van der Waals surface area contributed by atoms with Crippen LogP contribution in [0.2, 0.25) is 0 Å². The molecule has 1 saturated heterocycles. The van der Waals surface area contributed by atoms with Crippen LogP contribution in [0.1, 0.15) is 0 Å². The zero-order valence-electron chi connectivity index (χ0n) is 9.70. The highest BCUT2D eigenvalue weighted by atomic mass is 79.9. The second-order valence-corrected chi connectivity index (χ2v) is 5.09. The van der Waals surface area contributed by atoms with E-state index in [1.165, 1.54) is 0 Å². The van der Waals surface area contributed by atoms with Crippen molar-refractivity contribution in [2.75, 3.05) is 59.1 Å². The van der Waals surface area contributed by atoms with Gasteiger partial charge in [-0.2, -0.15) is 0 Å². The van der Waals surface area contributed by atoms with Crippen LogP contribution in [0.4, 0.5) is 0 Å². The van der Waals surface area contributed by atoms with Gasteiger partial charge in [0, 0.05) is 43.8 Å². The lowest BCUT2D eigenvalue weighted by atomic mass is 10.3. The zero-order chi connectivity index (χ0) is 11.8. The predicted molar refractivity (Wildman–Crippen MR) is 68.9 cm³/mol. The maximum atomic E-state index is 8.97. The molecule has 1 rings (SSSR count). The van der Waals surface area contributed by atoms with Gasteiger partial charge in [-0.1, -0.05) is 22.5 Å². The number of rotatable bonds is 7. The first-order chi connectivity index (χ1) is 7.72. The Morgan fingerprint density at radius 2 is 2.06 bits per heavy atom. The molecule has 0 unspecified atom stereocenters. The maximum absolute atomic E-state index is 8.97. The molecule has 1 aliphatic rings. The first-order valence-corrected chi connectivity index (χ1v) is 6.48. The number of morpholine rings is 1. The Bertz CT molecular complexity index is 208. The largest absolute Gasteiger partial charge is 0.395 e. The fraction of sp³-hybridized carbons (Fsp3) is 0.818. The van der Waals surface area contributed by atoms with Crippen molar-refractivity contribution in [1.29, 1.82) is 0 Å². The molecule has 16 heavy (non-hydrogen) atoms. The molecule has 0 radical (unpaired) electrons. The summed E-state index contributed by atoms with van der Waals surface area (Å²) in [6.07, 6.45) is 0. The topological polar surface area (TPSA) is 35.9 Å². The summed E-state index contributed by atoms with van der Waals surface area (Å²) in [5.74, 6) is 0. The zero-order valence-corrected chi connectivity index (χ0v) is 11.3. The molecule has 0 atom stereocenters. The molecule has 0 spiro atoms. The van der Waals surface area contributed by atoms with E-state index in [1.807, 2.05) is 0 Å². The van der Waals surface area contributed by atoms with E-state index in [4.69, 9.17) is 9.84 Å². The number of ether oxygens (including phenoxy) is 1. The maximum Gasteiger partial charge on any atom is 0.0594 e. The van der Waals surface area contributed by atoms with Crippen molar-refractivity contribution in [3.05, 3.63) is 11.1 Å². The highest BCUT2D eigenvalue weighted by Crippen LogP contribution is 2.04. The van der Waals surface area contributed by atoms with E-state index < -0.39 is 0 Å². The van der Waals surface area contributed by atoms with Gasteiger partial charge in [-0.3, -0.25) is 9.80 Å². The Hall–Kier alpha value is 0.0600. The van der Waals surface area contributed by atoms with Gasteiger partial charge in [0.15, 0.2) is 0 Å². The summed E-state index contributed by atoms with van der Waals surface area (Å²) in [6, 6.07) is 0. The second-order valence-electron chi connectivity index (χ2n) is 3.97. The van der Waals surface area contributed by atoms with Crippen molar-refractivity contribution in [3.8, 4) is 0 Å². The fourth-order valence-electron chi connectivity index (χ4n) is 1.76. The minimum atomic E-state index is 0.198. The predicted octanol–water partition coefficient (Wildman–Crippen LogP) is 0.521. The molecule has 0 amide bonds. The smallest absolute Gasteiger partial charge is 0.0594 e. The third-order valence-electron chi connectivity index (χ3n) is 2.65. The van der Waals surface area contributed by atoms with Crippen molar-refractivity contribution in [2.24, 2.45) is 0 Å². The summed E-state index contributed by atoms with van der Waals surface area (Å²) in [4.78, 5) is 4.59. The lowest BCUT2D eigenvalue weighted by Crippen LogP contribution is -2.42. The van der Waals surface area contributed by atoms with Gasteiger partial charge in [0.1, 0.15) is 0 Å². The summed E-state index contributed by atoms with van der Waals surface area (Å²) >= 11 is 3.36. The van der Waals surface area contributed by atoms with Crippen molar-refractivity contribution in [1.82, 2.24) is 9.80 Å². The van der Waals surface area contributed by atoms with Crippen LogP contribution in [0.25, 0.3) is 0 Å². The average molecular weight is 293 g/mol. The molecule has 94 valence electrons.